The number of quaternary nitrogens is 1. The second-order valence-electron chi connectivity index (χ2n) is 5.57. The van der Waals surface area contributed by atoms with Crippen LogP contribution in [0.2, 0.25) is 0 Å². The van der Waals surface area contributed by atoms with Crippen LogP contribution >= 0.6 is 0 Å². The highest BCUT2D eigenvalue weighted by atomic mass is 16.2. The van der Waals surface area contributed by atoms with Gasteiger partial charge in [-0.1, -0.05) is 18.2 Å². The van der Waals surface area contributed by atoms with Gasteiger partial charge >= 0.3 is 0 Å². The molecule has 0 saturated carbocycles. The van der Waals surface area contributed by atoms with E-state index in [1.165, 1.54) is 9.70 Å². The van der Waals surface area contributed by atoms with Crippen molar-refractivity contribution in [2.45, 2.75) is 12.8 Å². The van der Waals surface area contributed by atoms with Crippen LogP contribution in [0.1, 0.15) is 23.3 Å². The standard InChI is InChI=1S/C15H18N6O2/c16-14(23)13-15(17-12(22)10-20-8-4-5-9-20)19-21(18-13)11-6-2-1-3-7-11/h1-3,6-7H,4-5,8-10H2,(H2,16,23)(H,17,19,22)/p+1. The Morgan fingerprint density at radius 2 is 1.87 bits per heavy atom. The molecule has 1 aliphatic rings. The number of rotatable bonds is 5. The Bertz CT molecular complexity index is 706. The molecule has 0 spiro atoms. The molecule has 120 valence electrons. The van der Waals surface area contributed by atoms with Gasteiger partial charge in [0.15, 0.2) is 18.1 Å². The molecule has 0 bridgehead atoms. The van der Waals surface area contributed by atoms with E-state index in [1.807, 2.05) is 18.2 Å². The third-order valence-electron chi connectivity index (χ3n) is 3.81. The Balaban J connectivity index is 1.78. The summed E-state index contributed by atoms with van der Waals surface area (Å²) in [7, 11) is 0. The van der Waals surface area contributed by atoms with Crippen molar-refractivity contribution in [3.8, 4) is 5.69 Å². The van der Waals surface area contributed by atoms with E-state index in [0.717, 1.165) is 25.9 Å². The second kappa shape index (κ2) is 6.57. The summed E-state index contributed by atoms with van der Waals surface area (Å²) in [6.07, 6.45) is 2.28. The normalized spacial score (nSPS) is 14.8. The van der Waals surface area contributed by atoms with Crippen LogP contribution in [0.5, 0.6) is 0 Å². The van der Waals surface area contributed by atoms with E-state index < -0.39 is 5.91 Å². The van der Waals surface area contributed by atoms with E-state index in [1.54, 1.807) is 12.1 Å². The number of carbonyl (C=O) groups excluding carboxylic acids is 2. The summed E-state index contributed by atoms with van der Waals surface area (Å²) < 4.78 is 0. The molecule has 0 aliphatic carbocycles. The number of hydrogen-bond acceptors (Lipinski definition) is 4. The van der Waals surface area contributed by atoms with Gasteiger partial charge in [-0.2, -0.15) is 0 Å². The second-order valence-corrected chi connectivity index (χ2v) is 5.57. The van der Waals surface area contributed by atoms with Crippen molar-refractivity contribution >= 4 is 17.6 Å². The van der Waals surface area contributed by atoms with Crippen LogP contribution in [0.4, 0.5) is 5.82 Å². The third-order valence-corrected chi connectivity index (χ3v) is 3.81. The lowest BCUT2D eigenvalue weighted by Crippen LogP contribution is -3.11. The number of aromatic nitrogens is 3. The van der Waals surface area contributed by atoms with E-state index >= 15 is 0 Å². The molecule has 1 aromatic carbocycles. The third kappa shape index (κ3) is 3.54. The number of para-hydroxylation sites is 1. The number of nitrogens with two attached hydrogens (primary N) is 1. The minimum Gasteiger partial charge on any atom is -0.364 e. The lowest BCUT2D eigenvalue weighted by molar-refractivity contribution is -0.878. The topological polar surface area (TPSA) is 107 Å². The number of nitrogens with one attached hydrogen (secondary N) is 2. The number of carbonyl (C=O) groups is 2. The average Bonchev–Trinajstić information content (AvgIpc) is 3.18. The Morgan fingerprint density at radius 3 is 2.52 bits per heavy atom. The zero-order chi connectivity index (χ0) is 16.2. The fourth-order valence-electron chi connectivity index (χ4n) is 2.69. The molecule has 0 radical (unpaired) electrons. The highest BCUT2D eigenvalue weighted by Crippen LogP contribution is 2.12. The maximum atomic E-state index is 12.1. The summed E-state index contributed by atoms with van der Waals surface area (Å²) in [5.74, 6) is -0.814. The summed E-state index contributed by atoms with van der Waals surface area (Å²) in [6, 6.07) is 9.12. The van der Waals surface area contributed by atoms with E-state index in [-0.39, 0.29) is 17.4 Å². The predicted octanol–water partition coefficient (Wildman–Crippen LogP) is -1.02. The van der Waals surface area contributed by atoms with E-state index in [9.17, 15) is 9.59 Å². The van der Waals surface area contributed by atoms with E-state index in [2.05, 4.69) is 15.5 Å². The number of anilines is 1. The first kappa shape index (κ1) is 15.2. The molecule has 1 fully saturated rings. The van der Waals surface area contributed by atoms with Gasteiger partial charge in [-0.15, -0.1) is 15.0 Å². The van der Waals surface area contributed by atoms with Crippen molar-refractivity contribution in [1.29, 1.82) is 0 Å². The first-order valence-electron chi connectivity index (χ1n) is 7.59. The molecule has 23 heavy (non-hydrogen) atoms. The molecule has 0 atom stereocenters. The maximum absolute atomic E-state index is 12.1. The van der Waals surface area contributed by atoms with Crippen LogP contribution in [0.25, 0.3) is 5.69 Å². The quantitative estimate of drug-likeness (QED) is 0.656. The van der Waals surface area contributed by atoms with E-state index in [0.29, 0.717) is 12.2 Å². The van der Waals surface area contributed by atoms with Crippen LogP contribution < -0.4 is 16.0 Å². The van der Waals surface area contributed by atoms with Crippen LogP contribution in [-0.2, 0) is 4.79 Å². The highest BCUT2D eigenvalue weighted by Gasteiger charge is 2.23. The molecule has 8 nitrogen and oxygen atoms in total. The van der Waals surface area contributed by atoms with Gasteiger partial charge in [-0.05, 0) is 12.1 Å². The molecule has 1 aliphatic heterocycles. The molecule has 8 heteroatoms. The smallest absolute Gasteiger partial charge is 0.280 e. The number of nitrogens with zero attached hydrogens (tertiary/aromatic N) is 3. The zero-order valence-corrected chi connectivity index (χ0v) is 12.7. The van der Waals surface area contributed by atoms with Crippen LogP contribution in [0, 0.1) is 0 Å². The summed E-state index contributed by atoms with van der Waals surface area (Å²) in [6.45, 7) is 2.34. The lowest BCUT2D eigenvalue weighted by Gasteiger charge is -2.10. The number of amides is 2. The SMILES string of the molecule is NC(=O)c1nn(-c2ccccc2)nc1NC(=O)C[NH+]1CCCC1. The summed E-state index contributed by atoms with van der Waals surface area (Å²) >= 11 is 0. The Labute approximate surface area is 133 Å². The number of hydrogen-bond donors (Lipinski definition) is 3. The van der Waals surface area contributed by atoms with Crippen molar-refractivity contribution in [1.82, 2.24) is 15.0 Å². The van der Waals surface area contributed by atoms with Crippen LogP contribution in [0.3, 0.4) is 0 Å². The van der Waals surface area contributed by atoms with Gasteiger partial charge in [-0.25, -0.2) is 0 Å². The van der Waals surface area contributed by atoms with Gasteiger partial charge in [0.1, 0.15) is 0 Å². The van der Waals surface area contributed by atoms with Crippen LogP contribution in [0.15, 0.2) is 30.3 Å². The van der Waals surface area contributed by atoms with Crippen LogP contribution in [-0.4, -0.2) is 46.4 Å². The predicted molar refractivity (Wildman–Crippen MR) is 83.3 cm³/mol. The van der Waals surface area contributed by atoms with Gasteiger partial charge in [0.2, 0.25) is 0 Å². The fourth-order valence-corrected chi connectivity index (χ4v) is 2.69. The number of likely N-dealkylation sites (tertiary alicyclic amines) is 1. The minimum absolute atomic E-state index is 0.0429. The summed E-state index contributed by atoms with van der Waals surface area (Å²) in [4.78, 5) is 26.2. The van der Waals surface area contributed by atoms with Gasteiger partial charge in [0, 0.05) is 12.8 Å². The largest absolute Gasteiger partial charge is 0.364 e. The zero-order valence-electron chi connectivity index (χ0n) is 12.7. The lowest BCUT2D eigenvalue weighted by atomic mass is 10.3. The first-order valence-corrected chi connectivity index (χ1v) is 7.59. The van der Waals surface area contributed by atoms with Crippen molar-refractivity contribution in [3.63, 3.8) is 0 Å². The molecule has 1 saturated heterocycles. The molecule has 2 heterocycles. The summed E-state index contributed by atoms with van der Waals surface area (Å²) in [5, 5.41) is 10.9. The molecular weight excluding hydrogens is 296 g/mol. The Morgan fingerprint density at radius 1 is 1.17 bits per heavy atom. The van der Waals surface area contributed by atoms with Gasteiger partial charge in [0.25, 0.3) is 11.8 Å². The first-order chi connectivity index (χ1) is 11.1. The Kier molecular flexibility index (Phi) is 4.33. The number of primary amides is 1. The van der Waals surface area contributed by atoms with Crippen molar-refractivity contribution in [3.05, 3.63) is 36.0 Å². The fraction of sp³-hybridized carbons (Fsp3) is 0.333. The molecule has 0 unspecified atom stereocenters. The molecule has 2 aromatic rings. The minimum atomic E-state index is -0.726. The summed E-state index contributed by atoms with van der Waals surface area (Å²) in [5.41, 5.74) is 5.97. The van der Waals surface area contributed by atoms with Gasteiger partial charge in [-0.3, -0.25) is 9.59 Å². The van der Waals surface area contributed by atoms with Crippen molar-refractivity contribution in [2.75, 3.05) is 25.0 Å². The monoisotopic (exact) mass is 315 g/mol. The molecule has 3 rings (SSSR count). The molecule has 4 N–H and O–H groups in total. The molecule has 1 aromatic heterocycles. The van der Waals surface area contributed by atoms with Gasteiger partial charge in [0.05, 0.1) is 18.8 Å². The molecule has 2 amide bonds. The van der Waals surface area contributed by atoms with Crippen molar-refractivity contribution < 1.29 is 14.5 Å². The van der Waals surface area contributed by atoms with Gasteiger partial charge < -0.3 is 16.0 Å². The average molecular weight is 315 g/mol. The van der Waals surface area contributed by atoms with E-state index in [4.69, 9.17) is 5.73 Å². The molecular formula is C15H19N6O2+. The Hall–Kier alpha value is -2.74. The highest BCUT2D eigenvalue weighted by molar-refractivity contribution is 6.00. The van der Waals surface area contributed by atoms with Crippen molar-refractivity contribution in [2.24, 2.45) is 5.73 Å². The number of benzene rings is 1. The maximum Gasteiger partial charge on any atom is 0.280 e.